The van der Waals surface area contributed by atoms with E-state index in [1.807, 2.05) is 18.2 Å². The molecule has 0 aromatic heterocycles. The summed E-state index contributed by atoms with van der Waals surface area (Å²) in [7, 11) is 0. The van der Waals surface area contributed by atoms with Gasteiger partial charge in [0.15, 0.2) is 0 Å². The zero-order valence-corrected chi connectivity index (χ0v) is 9.71. The third-order valence-corrected chi connectivity index (χ3v) is 2.91. The van der Waals surface area contributed by atoms with Gasteiger partial charge in [-0.15, -0.1) is 5.76 Å². The van der Waals surface area contributed by atoms with Gasteiger partial charge in [-0.3, -0.25) is 0 Å². The predicted octanol–water partition coefficient (Wildman–Crippen LogP) is -0.636. The average Bonchev–Trinajstić information content (AvgIpc) is 2.18. The summed E-state index contributed by atoms with van der Waals surface area (Å²) in [5, 5.41) is 12.0. The summed E-state index contributed by atoms with van der Waals surface area (Å²) in [4.78, 5) is 0. The quantitative estimate of drug-likeness (QED) is 0.546. The van der Waals surface area contributed by atoms with Crippen LogP contribution in [0.25, 0.3) is 5.76 Å². The van der Waals surface area contributed by atoms with Gasteiger partial charge >= 0.3 is 18.9 Å². The Hall–Kier alpha value is -0.643. The summed E-state index contributed by atoms with van der Waals surface area (Å²) in [6, 6.07) is 7.95. The summed E-state index contributed by atoms with van der Waals surface area (Å²) in [6.45, 7) is 4.20. The van der Waals surface area contributed by atoms with Crippen LogP contribution in [0.15, 0.2) is 29.8 Å². The minimum Gasteiger partial charge on any atom is -0.872 e. The van der Waals surface area contributed by atoms with Gasteiger partial charge in [-0.05, 0) is 29.9 Å². The molecule has 0 amide bonds. The van der Waals surface area contributed by atoms with Crippen LogP contribution >= 0.6 is 0 Å². The van der Waals surface area contributed by atoms with Crippen LogP contribution in [0.1, 0.15) is 31.4 Å². The molecule has 1 aliphatic rings. The summed E-state index contributed by atoms with van der Waals surface area (Å²) in [5.41, 5.74) is 3.22. The summed E-state index contributed by atoms with van der Waals surface area (Å²) in [6.07, 6.45) is 1.96. The molecule has 2 rings (SSSR count). The Balaban J connectivity index is 0.00000112. The second-order valence-corrected chi connectivity index (χ2v) is 4.17. The van der Waals surface area contributed by atoms with Gasteiger partial charge in [0.1, 0.15) is 0 Å². The first-order chi connectivity index (χ1) is 6.70. The van der Waals surface area contributed by atoms with Crippen LogP contribution in [0, 0.1) is 5.92 Å². The molecule has 1 nitrogen and oxygen atoms in total. The fourth-order valence-electron chi connectivity index (χ4n) is 2.07. The van der Waals surface area contributed by atoms with Crippen molar-refractivity contribution in [2.75, 3.05) is 0 Å². The van der Waals surface area contributed by atoms with Crippen LogP contribution in [-0.4, -0.2) is 0 Å². The second kappa shape index (κ2) is 4.92. The van der Waals surface area contributed by atoms with Gasteiger partial charge in [0.2, 0.25) is 0 Å². The van der Waals surface area contributed by atoms with Crippen molar-refractivity contribution >= 4 is 5.76 Å². The molecule has 2 heteroatoms. The van der Waals surface area contributed by atoms with E-state index in [1.54, 1.807) is 0 Å². The zero-order chi connectivity index (χ0) is 10.1. The van der Waals surface area contributed by atoms with Crippen LogP contribution in [0.5, 0.6) is 0 Å². The van der Waals surface area contributed by atoms with Crippen LogP contribution in [0.3, 0.4) is 0 Å². The topological polar surface area (TPSA) is 23.1 Å². The molecule has 0 saturated heterocycles. The van der Waals surface area contributed by atoms with Crippen molar-refractivity contribution in [2.24, 2.45) is 5.92 Å². The Labute approximate surface area is 103 Å². The molecule has 0 N–H and O–H groups in total. The largest absolute Gasteiger partial charge is 1.00 e. The van der Waals surface area contributed by atoms with Crippen molar-refractivity contribution in [1.82, 2.24) is 0 Å². The maximum absolute atomic E-state index is 12.0. The van der Waals surface area contributed by atoms with Gasteiger partial charge in [-0.25, -0.2) is 0 Å². The molecule has 0 radical (unpaired) electrons. The molecule has 74 valence electrons. The second-order valence-electron chi connectivity index (χ2n) is 4.17. The fraction of sp³-hybridized carbons (Fsp3) is 0.385. The van der Waals surface area contributed by atoms with Gasteiger partial charge < -0.3 is 5.11 Å². The van der Waals surface area contributed by atoms with Crippen LogP contribution in [-0.2, 0) is 6.42 Å². The SMILES string of the molecule is CC(C)C1=C([O-])c2ccccc2CC1.[Li+]. The number of hydrogen-bond acceptors (Lipinski definition) is 1. The van der Waals surface area contributed by atoms with Crippen molar-refractivity contribution in [3.8, 4) is 0 Å². The molecule has 0 aliphatic heterocycles. The van der Waals surface area contributed by atoms with Gasteiger partial charge in [0.05, 0.1) is 0 Å². The smallest absolute Gasteiger partial charge is 0.872 e. The van der Waals surface area contributed by atoms with Gasteiger partial charge in [0.25, 0.3) is 0 Å². The standard InChI is InChI=1S/C13H16O.Li/c1-9(2)11-8-7-10-5-3-4-6-12(10)13(11)14;/h3-6,9,14H,7-8H2,1-2H3;/q;+1/p-1. The normalized spacial score (nSPS) is 14.9. The van der Waals surface area contributed by atoms with Crippen molar-refractivity contribution in [1.29, 1.82) is 0 Å². The van der Waals surface area contributed by atoms with Gasteiger partial charge in [-0.2, -0.15) is 0 Å². The molecular formula is C13H15LiO. The maximum atomic E-state index is 12.0. The summed E-state index contributed by atoms with van der Waals surface area (Å²) in [5.74, 6) is 0.651. The molecule has 1 aliphatic carbocycles. The minimum absolute atomic E-state index is 0. The molecule has 0 saturated carbocycles. The number of hydrogen-bond donors (Lipinski definition) is 0. The third kappa shape index (κ3) is 2.30. The monoisotopic (exact) mass is 194 g/mol. The van der Waals surface area contributed by atoms with E-state index in [9.17, 15) is 5.11 Å². The number of rotatable bonds is 1. The first-order valence-corrected chi connectivity index (χ1v) is 5.18. The molecular weight excluding hydrogens is 179 g/mol. The molecule has 0 fully saturated rings. The minimum atomic E-state index is 0. The van der Waals surface area contributed by atoms with E-state index in [-0.39, 0.29) is 24.6 Å². The third-order valence-electron chi connectivity index (χ3n) is 2.91. The molecule has 15 heavy (non-hydrogen) atoms. The van der Waals surface area contributed by atoms with Crippen molar-refractivity contribution in [3.63, 3.8) is 0 Å². The first-order valence-electron chi connectivity index (χ1n) is 5.18. The Bertz CT molecular complexity index is 380. The number of fused-ring (bicyclic) bond motifs is 1. The Kier molecular flexibility index (Phi) is 4.08. The van der Waals surface area contributed by atoms with Crippen molar-refractivity contribution in [3.05, 3.63) is 41.0 Å². The van der Waals surface area contributed by atoms with E-state index in [0.29, 0.717) is 5.92 Å². The molecule has 0 atom stereocenters. The summed E-state index contributed by atoms with van der Waals surface area (Å²) < 4.78 is 0. The molecule has 0 unspecified atom stereocenters. The van der Waals surface area contributed by atoms with Crippen molar-refractivity contribution in [2.45, 2.75) is 26.7 Å². The predicted molar refractivity (Wildman–Crippen MR) is 56.5 cm³/mol. The average molecular weight is 194 g/mol. The molecule has 0 spiro atoms. The molecule has 1 aromatic rings. The van der Waals surface area contributed by atoms with Gasteiger partial charge in [-0.1, -0.05) is 43.7 Å². The van der Waals surface area contributed by atoms with E-state index in [1.165, 1.54) is 5.56 Å². The van der Waals surface area contributed by atoms with Crippen LogP contribution < -0.4 is 24.0 Å². The fourth-order valence-corrected chi connectivity index (χ4v) is 2.07. The van der Waals surface area contributed by atoms with E-state index < -0.39 is 0 Å². The Morgan fingerprint density at radius 2 is 1.80 bits per heavy atom. The van der Waals surface area contributed by atoms with Crippen LogP contribution in [0.4, 0.5) is 0 Å². The van der Waals surface area contributed by atoms with E-state index in [4.69, 9.17) is 0 Å². The Morgan fingerprint density at radius 1 is 1.13 bits per heavy atom. The number of allylic oxidation sites excluding steroid dienone is 1. The first kappa shape index (κ1) is 12.4. The van der Waals surface area contributed by atoms with E-state index >= 15 is 0 Å². The van der Waals surface area contributed by atoms with E-state index in [2.05, 4.69) is 19.9 Å². The summed E-state index contributed by atoms with van der Waals surface area (Å²) >= 11 is 0. The zero-order valence-electron chi connectivity index (χ0n) is 9.71. The maximum Gasteiger partial charge on any atom is 1.00 e. The molecule has 1 aromatic carbocycles. The molecule has 0 bridgehead atoms. The van der Waals surface area contributed by atoms with Crippen molar-refractivity contribution < 1.29 is 24.0 Å². The van der Waals surface area contributed by atoms with Crippen LogP contribution in [0.2, 0.25) is 0 Å². The molecule has 0 heterocycles. The number of benzene rings is 1. The van der Waals surface area contributed by atoms with E-state index in [0.717, 1.165) is 24.0 Å². The Morgan fingerprint density at radius 3 is 2.47 bits per heavy atom. The van der Waals surface area contributed by atoms with Gasteiger partial charge in [0, 0.05) is 0 Å². The number of aryl methyl sites for hydroxylation is 1.